The van der Waals surface area contributed by atoms with Crippen molar-refractivity contribution in [2.45, 2.75) is 66.2 Å². The summed E-state index contributed by atoms with van der Waals surface area (Å²) in [5.41, 5.74) is 0.0923. The van der Waals surface area contributed by atoms with Crippen LogP contribution in [0.3, 0.4) is 0 Å². The number of aliphatic imine (C=N–C) groups is 1. The number of carbonyl (C=O) groups excluding carboxylic acids is 1. The highest BCUT2D eigenvalue weighted by molar-refractivity contribution is 5.79. The molecule has 148 valence electrons. The normalized spacial score (nSPS) is 12.7. The number of ether oxygens (including phenoxy) is 1. The lowest BCUT2D eigenvalue weighted by Crippen LogP contribution is -2.49. The summed E-state index contributed by atoms with van der Waals surface area (Å²) in [6, 6.07) is 0. The van der Waals surface area contributed by atoms with E-state index in [1.165, 1.54) is 0 Å². The molecule has 8 heteroatoms. The number of guanidine groups is 1. The van der Waals surface area contributed by atoms with Gasteiger partial charge in [0.15, 0.2) is 5.96 Å². The largest absolute Gasteiger partial charge is 0.444 e. The van der Waals surface area contributed by atoms with Gasteiger partial charge in [-0.05, 0) is 54.0 Å². The third kappa shape index (κ3) is 9.29. The molecule has 8 nitrogen and oxygen atoms in total. The van der Waals surface area contributed by atoms with Crippen LogP contribution in [0.4, 0.5) is 4.79 Å². The van der Waals surface area contributed by atoms with E-state index in [9.17, 15) is 4.79 Å². The van der Waals surface area contributed by atoms with Crippen molar-refractivity contribution < 1.29 is 9.53 Å². The van der Waals surface area contributed by atoms with Crippen molar-refractivity contribution in [1.29, 1.82) is 0 Å². The number of nitrogens with one attached hydrogen (secondary N) is 3. The van der Waals surface area contributed by atoms with Gasteiger partial charge in [0.05, 0.1) is 24.8 Å². The van der Waals surface area contributed by atoms with Gasteiger partial charge in [-0.2, -0.15) is 5.10 Å². The molecule has 1 aromatic rings. The smallest absolute Gasteiger partial charge is 0.408 e. The molecule has 0 spiro atoms. The molecule has 1 amide bonds. The topological polar surface area (TPSA) is 92.6 Å². The predicted molar refractivity (Wildman–Crippen MR) is 104 cm³/mol. The monoisotopic (exact) mass is 366 g/mol. The lowest BCUT2D eigenvalue weighted by Gasteiger charge is -2.27. The standard InChI is InChI=1S/C18H34N6O2/c1-8-19-15(20-9-10-24-12-14(2)11-22-24)21-13-18(6,7)23-16(25)26-17(3,4)5/h11-12H,8-10,13H2,1-7H3,(H,23,25)(H2,19,20,21). The zero-order chi connectivity index (χ0) is 19.8. The van der Waals surface area contributed by atoms with Gasteiger partial charge in [0.1, 0.15) is 5.60 Å². The van der Waals surface area contributed by atoms with Crippen molar-refractivity contribution >= 4 is 12.1 Å². The molecule has 0 radical (unpaired) electrons. The van der Waals surface area contributed by atoms with Crippen LogP contribution in [-0.4, -0.2) is 52.6 Å². The number of carbonyl (C=O) groups is 1. The van der Waals surface area contributed by atoms with Crippen LogP contribution in [0.25, 0.3) is 0 Å². The van der Waals surface area contributed by atoms with E-state index >= 15 is 0 Å². The fourth-order valence-electron chi connectivity index (χ4n) is 2.12. The number of hydrogen-bond donors (Lipinski definition) is 3. The highest BCUT2D eigenvalue weighted by Crippen LogP contribution is 2.09. The van der Waals surface area contributed by atoms with Gasteiger partial charge in [0.25, 0.3) is 0 Å². The summed E-state index contributed by atoms with van der Waals surface area (Å²) in [4.78, 5) is 16.5. The SMILES string of the molecule is CCNC(=NCC(C)(C)NC(=O)OC(C)(C)C)NCCn1cc(C)cn1. The Balaban J connectivity index is 2.53. The maximum Gasteiger partial charge on any atom is 0.408 e. The molecule has 1 rings (SSSR count). The maximum atomic E-state index is 12.0. The Morgan fingerprint density at radius 2 is 1.96 bits per heavy atom. The Labute approximate surface area is 156 Å². The van der Waals surface area contributed by atoms with Gasteiger partial charge in [0, 0.05) is 19.3 Å². The Hall–Kier alpha value is -2.25. The summed E-state index contributed by atoms with van der Waals surface area (Å²) < 4.78 is 7.19. The van der Waals surface area contributed by atoms with Crippen LogP contribution in [0.1, 0.15) is 47.1 Å². The predicted octanol–water partition coefficient (Wildman–Crippen LogP) is 2.05. The Kier molecular flexibility index (Phi) is 7.92. The third-order valence-electron chi connectivity index (χ3n) is 3.21. The molecular formula is C18H34N6O2. The summed E-state index contributed by atoms with van der Waals surface area (Å²) in [5, 5.41) is 13.6. The molecule has 0 fully saturated rings. The number of rotatable bonds is 7. The zero-order valence-electron chi connectivity index (χ0n) is 17.1. The molecule has 1 aromatic heterocycles. The molecule has 0 aliphatic rings. The van der Waals surface area contributed by atoms with Crippen LogP contribution < -0.4 is 16.0 Å². The average molecular weight is 367 g/mol. The number of alkyl carbamates (subject to hydrolysis) is 1. The summed E-state index contributed by atoms with van der Waals surface area (Å²) in [5.74, 6) is 0.704. The molecule has 0 atom stereocenters. The highest BCUT2D eigenvalue weighted by atomic mass is 16.6. The van der Waals surface area contributed by atoms with Crippen LogP contribution in [0.15, 0.2) is 17.4 Å². The van der Waals surface area contributed by atoms with Gasteiger partial charge in [0.2, 0.25) is 0 Å². The fraction of sp³-hybridized carbons (Fsp3) is 0.722. The minimum Gasteiger partial charge on any atom is -0.444 e. The second kappa shape index (κ2) is 9.45. The van der Waals surface area contributed by atoms with E-state index < -0.39 is 17.2 Å². The summed E-state index contributed by atoms with van der Waals surface area (Å²) >= 11 is 0. The number of hydrogen-bond acceptors (Lipinski definition) is 4. The number of aromatic nitrogens is 2. The average Bonchev–Trinajstić information content (AvgIpc) is 2.87. The van der Waals surface area contributed by atoms with Gasteiger partial charge in [-0.15, -0.1) is 0 Å². The second-order valence-corrected chi connectivity index (χ2v) is 7.91. The highest BCUT2D eigenvalue weighted by Gasteiger charge is 2.24. The first-order valence-electron chi connectivity index (χ1n) is 9.03. The van der Waals surface area contributed by atoms with Crippen LogP contribution in [0, 0.1) is 6.92 Å². The Morgan fingerprint density at radius 1 is 1.27 bits per heavy atom. The third-order valence-corrected chi connectivity index (χ3v) is 3.21. The molecule has 0 aromatic carbocycles. The van der Waals surface area contributed by atoms with Crippen molar-refractivity contribution in [1.82, 2.24) is 25.7 Å². The molecule has 0 aliphatic heterocycles. The van der Waals surface area contributed by atoms with Gasteiger partial charge in [-0.3, -0.25) is 9.67 Å². The van der Waals surface area contributed by atoms with Crippen molar-refractivity contribution in [3.63, 3.8) is 0 Å². The molecule has 0 saturated carbocycles. The van der Waals surface area contributed by atoms with Crippen molar-refractivity contribution in [2.75, 3.05) is 19.6 Å². The van der Waals surface area contributed by atoms with Gasteiger partial charge >= 0.3 is 6.09 Å². The lowest BCUT2D eigenvalue weighted by molar-refractivity contribution is 0.0476. The molecule has 1 heterocycles. The van der Waals surface area contributed by atoms with Crippen molar-refractivity contribution in [2.24, 2.45) is 4.99 Å². The molecule has 0 unspecified atom stereocenters. The van der Waals surface area contributed by atoms with Crippen molar-refractivity contribution in [3.05, 3.63) is 18.0 Å². The fourth-order valence-corrected chi connectivity index (χ4v) is 2.12. The summed E-state index contributed by atoms with van der Waals surface area (Å²) in [6.45, 7) is 16.0. The molecule has 3 N–H and O–H groups in total. The number of nitrogens with zero attached hydrogens (tertiary/aromatic N) is 3. The van der Waals surface area contributed by atoms with E-state index in [0.29, 0.717) is 19.0 Å². The maximum absolute atomic E-state index is 12.0. The van der Waals surface area contributed by atoms with Gasteiger partial charge in [-0.1, -0.05) is 0 Å². The van der Waals surface area contributed by atoms with E-state index in [1.54, 1.807) is 0 Å². The first-order chi connectivity index (χ1) is 12.0. The van der Waals surface area contributed by atoms with Crippen LogP contribution in [0.5, 0.6) is 0 Å². The van der Waals surface area contributed by atoms with Gasteiger partial charge in [-0.25, -0.2) is 4.79 Å². The first-order valence-corrected chi connectivity index (χ1v) is 9.03. The van der Waals surface area contributed by atoms with E-state index in [2.05, 4.69) is 26.0 Å². The number of amides is 1. The zero-order valence-corrected chi connectivity index (χ0v) is 17.1. The molecule has 26 heavy (non-hydrogen) atoms. The minimum absolute atomic E-state index is 0.419. The van der Waals surface area contributed by atoms with Crippen LogP contribution in [0.2, 0.25) is 0 Å². The van der Waals surface area contributed by atoms with Crippen molar-refractivity contribution in [3.8, 4) is 0 Å². The summed E-state index contributed by atoms with van der Waals surface area (Å²) in [6.07, 6.45) is 3.40. The van der Waals surface area contributed by atoms with E-state index in [1.807, 2.05) is 65.5 Å². The van der Waals surface area contributed by atoms with E-state index in [4.69, 9.17) is 4.74 Å². The Bertz CT molecular complexity index is 601. The molecular weight excluding hydrogens is 332 g/mol. The Morgan fingerprint density at radius 3 is 2.50 bits per heavy atom. The summed E-state index contributed by atoms with van der Waals surface area (Å²) in [7, 11) is 0. The van der Waals surface area contributed by atoms with Gasteiger partial charge < -0.3 is 20.7 Å². The second-order valence-electron chi connectivity index (χ2n) is 7.91. The van der Waals surface area contributed by atoms with Crippen LogP contribution >= 0.6 is 0 Å². The molecule has 0 aliphatic carbocycles. The number of aryl methyl sites for hydroxylation is 1. The first kappa shape index (κ1) is 21.8. The van der Waals surface area contributed by atoms with E-state index in [-0.39, 0.29) is 0 Å². The quantitative estimate of drug-likeness (QED) is 0.507. The van der Waals surface area contributed by atoms with E-state index in [0.717, 1.165) is 18.7 Å². The van der Waals surface area contributed by atoms with Crippen LogP contribution in [-0.2, 0) is 11.3 Å². The molecule has 0 bridgehead atoms. The molecule has 0 saturated heterocycles. The lowest BCUT2D eigenvalue weighted by atomic mass is 10.1. The minimum atomic E-state index is -0.524.